The van der Waals surface area contributed by atoms with Gasteiger partial charge in [0.1, 0.15) is 16.2 Å². The lowest BCUT2D eigenvalue weighted by molar-refractivity contribution is 0.0635. The first-order valence-electron chi connectivity index (χ1n) is 8.28. The number of anilines is 1. The topological polar surface area (TPSA) is 68.3 Å². The highest BCUT2D eigenvalue weighted by molar-refractivity contribution is 9.09. The molecule has 1 heterocycles. The van der Waals surface area contributed by atoms with E-state index in [1.807, 2.05) is 32.0 Å². The Bertz CT molecular complexity index is 808. The standard InChI is InChI=1S/C20H23BrN2O3/c1-12-8-13(2)10-15(9-12)18(24)17(21)14-6-7-22-16(11-14)23-19(25)26-20(3,4)5/h6-11,17H,1-5H3,(H,22,23,25)/t17-/m1/s1. The van der Waals surface area contributed by atoms with Crippen molar-refractivity contribution < 1.29 is 14.3 Å². The van der Waals surface area contributed by atoms with Gasteiger partial charge in [0.25, 0.3) is 0 Å². The predicted molar refractivity (Wildman–Crippen MR) is 106 cm³/mol. The Labute approximate surface area is 162 Å². The molecule has 6 heteroatoms. The number of hydrogen-bond donors (Lipinski definition) is 1. The van der Waals surface area contributed by atoms with Gasteiger partial charge in [-0.1, -0.05) is 33.1 Å². The highest BCUT2D eigenvalue weighted by Gasteiger charge is 2.21. The molecular formula is C20H23BrN2O3. The van der Waals surface area contributed by atoms with Crippen LogP contribution in [0.2, 0.25) is 0 Å². The molecule has 0 spiro atoms. The minimum absolute atomic E-state index is 0.0498. The number of aromatic nitrogens is 1. The Morgan fingerprint density at radius 3 is 2.31 bits per heavy atom. The van der Waals surface area contributed by atoms with E-state index in [1.165, 1.54) is 0 Å². The van der Waals surface area contributed by atoms with Gasteiger partial charge in [-0.3, -0.25) is 10.1 Å². The van der Waals surface area contributed by atoms with E-state index in [1.54, 1.807) is 39.1 Å². The number of halogens is 1. The molecule has 1 aromatic carbocycles. The largest absolute Gasteiger partial charge is 0.444 e. The fourth-order valence-corrected chi connectivity index (χ4v) is 3.04. The summed E-state index contributed by atoms with van der Waals surface area (Å²) in [5, 5.41) is 2.59. The maximum absolute atomic E-state index is 12.8. The van der Waals surface area contributed by atoms with Crippen LogP contribution in [0.4, 0.5) is 10.6 Å². The van der Waals surface area contributed by atoms with E-state index >= 15 is 0 Å². The van der Waals surface area contributed by atoms with Crippen LogP contribution in [0, 0.1) is 13.8 Å². The molecule has 0 radical (unpaired) electrons. The van der Waals surface area contributed by atoms with E-state index in [2.05, 4.69) is 26.2 Å². The number of Topliss-reactive ketones (excluding diaryl/α,β-unsaturated/α-hetero) is 1. The number of benzene rings is 1. The van der Waals surface area contributed by atoms with Gasteiger partial charge in [-0.2, -0.15) is 0 Å². The summed E-state index contributed by atoms with van der Waals surface area (Å²) in [7, 11) is 0. The molecule has 0 fully saturated rings. The van der Waals surface area contributed by atoms with Crippen LogP contribution in [0.3, 0.4) is 0 Å². The van der Waals surface area contributed by atoms with Crippen molar-refractivity contribution in [3.05, 3.63) is 58.8 Å². The number of nitrogens with one attached hydrogen (secondary N) is 1. The maximum Gasteiger partial charge on any atom is 0.413 e. The molecule has 1 N–H and O–H groups in total. The van der Waals surface area contributed by atoms with Crippen molar-refractivity contribution in [2.45, 2.75) is 45.0 Å². The summed E-state index contributed by atoms with van der Waals surface area (Å²) in [6.45, 7) is 9.28. The quantitative estimate of drug-likeness (QED) is 0.535. The van der Waals surface area contributed by atoms with Crippen LogP contribution in [0.15, 0.2) is 36.5 Å². The van der Waals surface area contributed by atoms with Crippen LogP contribution in [-0.4, -0.2) is 22.5 Å². The number of nitrogens with zero attached hydrogens (tertiary/aromatic N) is 1. The molecular weight excluding hydrogens is 396 g/mol. The summed E-state index contributed by atoms with van der Waals surface area (Å²) in [6.07, 6.45) is 0.958. The molecule has 2 rings (SSSR count). The van der Waals surface area contributed by atoms with Crippen molar-refractivity contribution in [3.8, 4) is 0 Å². The van der Waals surface area contributed by atoms with Gasteiger partial charge in [0.05, 0.1) is 0 Å². The first-order chi connectivity index (χ1) is 12.0. The highest BCUT2D eigenvalue weighted by atomic mass is 79.9. The maximum atomic E-state index is 12.8. The van der Waals surface area contributed by atoms with Gasteiger partial charge in [-0.15, -0.1) is 0 Å². The zero-order valence-corrected chi connectivity index (χ0v) is 17.2. The monoisotopic (exact) mass is 418 g/mol. The second-order valence-corrected chi connectivity index (χ2v) is 8.12. The number of pyridine rings is 1. The Morgan fingerprint density at radius 2 is 1.73 bits per heavy atom. The van der Waals surface area contributed by atoms with Crippen LogP contribution < -0.4 is 5.32 Å². The molecule has 0 saturated heterocycles. The highest BCUT2D eigenvalue weighted by Crippen LogP contribution is 2.29. The summed E-state index contributed by atoms with van der Waals surface area (Å²) in [4.78, 5) is 28.3. The van der Waals surface area contributed by atoms with E-state index in [4.69, 9.17) is 4.74 Å². The van der Waals surface area contributed by atoms with Crippen molar-refractivity contribution in [3.63, 3.8) is 0 Å². The first-order valence-corrected chi connectivity index (χ1v) is 9.19. The fraction of sp³-hybridized carbons (Fsp3) is 0.350. The first kappa shape index (κ1) is 20.1. The zero-order valence-electron chi connectivity index (χ0n) is 15.6. The zero-order chi connectivity index (χ0) is 19.5. The lowest BCUT2D eigenvalue weighted by Crippen LogP contribution is -2.27. The Kier molecular flexibility index (Phi) is 6.18. The molecule has 1 atom stereocenters. The van der Waals surface area contributed by atoms with Gasteiger partial charge in [-0.05, 0) is 64.4 Å². The number of aryl methyl sites for hydroxylation is 2. The molecule has 0 aliphatic rings. The van der Waals surface area contributed by atoms with Gasteiger partial charge < -0.3 is 4.74 Å². The number of alkyl halides is 1. The van der Waals surface area contributed by atoms with E-state index in [0.29, 0.717) is 16.9 Å². The van der Waals surface area contributed by atoms with Crippen molar-refractivity contribution in [1.29, 1.82) is 0 Å². The number of ether oxygens (including phenoxy) is 1. The van der Waals surface area contributed by atoms with Crippen LogP contribution in [-0.2, 0) is 4.74 Å². The minimum atomic E-state index is -0.599. The van der Waals surface area contributed by atoms with Crippen molar-refractivity contribution in [2.75, 3.05) is 5.32 Å². The lowest BCUT2D eigenvalue weighted by atomic mass is 10.00. The number of carbonyl (C=O) groups excluding carboxylic acids is 2. The summed E-state index contributed by atoms with van der Waals surface area (Å²) in [6, 6.07) is 9.15. The number of rotatable bonds is 4. The molecule has 0 unspecified atom stereocenters. The Balaban J connectivity index is 2.18. The normalized spacial score (nSPS) is 12.4. The van der Waals surface area contributed by atoms with E-state index in [9.17, 15) is 9.59 Å². The Hall–Kier alpha value is -2.21. The number of carbonyl (C=O) groups is 2. The van der Waals surface area contributed by atoms with Crippen LogP contribution in [0.25, 0.3) is 0 Å². The van der Waals surface area contributed by atoms with Crippen LogP contribution >= 0.6 is 15.9 Å². The van der Waals surface area contributed by atoms with Crippen LogP contribution in [0.5, 0.6) is 0 Å². The minimum Gasteiger partial charge on any atom is -0.444 e. The SMILES string of the molecule is Cc1cc(C)cc(C(=O)[C@H](Br)c2ccnc(NC(=O)OC(C)(C)C)c2)c1. The second kappa shape index (κ2) is 7.99. The molecule has 138 valence electrons. The van der Waals surface area contributed by atoms with Crippen molar-refractivity contribution in [2.24, 2.45) is 0 Å². The van der Waals surface area contributed by atoms with Gasteiger partial charge in [-0.25, -0.2) is 9.78 Å². The average Bonchev–Trinajstić information content (AvgIpc) is 2.50. The van der Waals surface area contributed by atoms with Crippen LogP contribution in [0.1, 0.15) is 52.6 Å². The third kappa shape index (κ3) is 5.66. The van der Waals surface area contributed by atoms with E-state index < -0.39 is 16.5 Å². The fourth-order valence-electron chi connectivity index (χ4n) is 2.50. The van der Waals surface area contributed by atoms with E-state index in [0.717, 1.165) is 11.1 Å². The van der Waals surface area contributed by atoms with Gasteiger partial charge in [0, 0.05) is 11.8 Å². The molecule has 1 aromatic heterocycles. The molecule has 1 amide bonds. The molecule has 0 bridgehead atoms. The molecule has 0 saturated carbocycles. The second-order valence-electron chi connectivity index (χ2n) is 7.20. The third-order valence-electron chi connectivity index (χ3n) is 3.44. The predicted octanol–water partition coefficient (Wildman–Crippen LogP) is 5.36. The lowest BCUT2D eigenvalue weighted by Gasteiger charge is -2.19. The van der Waals surface area contributed by atoms with Crippen molar-refractivity contribution in [1.82, 2.24) is 4.98 Å². The van der Waals surface area contributed by atoms with Gasteiger partial charge in [0.2, 0.25) is 0 Å². The molecule has 26 heavy (non-hydrogen) atoms. The molecule has 0 aliphatic carbocycles. The molecule has 5 nitrogen and oxygen atoms in total. The molecule has 2 aromatic rings. The Morgan fingerprint density at radius 1 is 1.12 bits per heavy atom. The summed E-state index contributed by atoms with van der Waals surface area (Å²) >= 11 is 3.47. The third-order valence-corrected chi connectivity index (χ3v) is 4.39. The average molecular weight is 419 g/mol. The number of amides is 1. The number of hydrogen-bond acceptors (Lipinski definition) is 4. The van der Waals surface area contributed by atoms with Gasteiger partial charge in [0.15, 0.2) is 5.78 Å². The van der Waals surface area contributed by atoms with E-state index in [-0.39, 0.29) is 5.78 Å². The summed E-state index contributed by atoms with van der Waals surface area (Å²) < 4.78 is 5.22. The summed E-state index contributed by atoms with van der Waals surface area (Å²) in [5.74, 6) is 0.278. The van der Waals surface area contributed by atoms with Gasteiger partial charge >= 0.3 is 6.09 Å². The number of ketones is 1. The summed E-state index contributed by atoms with van der Waals surface area (Å²) in [5.41, 5.74) is 2.82. The van der Waals surface area contributed by atoms with Crippen molar-refractivity contribution >= 4 is 33.6 Å². The molecule has 0 aliphatic heterocycles. The smallest absolute Gasteiger partial charge is 0.413 e.